The van der Waals surface area contributed by atoms with Crippen LogP contribution < -0.4 is 0 Å². The lowest BCUT2D eigenvalue weighted by molar-refractivity contribution is 0.201. The van der Waals surface area contributed by atoms with Crippen LogP contribution in [0.5, 0.6) is 0 Å². The van der Waals surface area contributed by atoms with E-state index in [1.165, 1.54) is 0 Å². The van der Waals surface area contributed by atoms with Gasteiger partial charge in [-0.25, -0.2) is 0 Å². The van der Waals surface area contributed by atoms with Gasteiger partial charge in [0.2, 0.25) is 0 Å². The average Bonchev–Trinajstić information content (AvgIpc) is 2.05. The molecule has 4 heteroatoms. The molecule has 1 aromatic carbocycles. The summed E-state index contributed by atoms with van der Waals surface area (Å²) in [7, 11) is 0. The van der Waals surface area contributed by atoms with E-state index in [4.69, 9.17) is 0 Å². The van der Waals surface area contributed by atoms with E-state index in [1.54, 1.807) is 24.3 Å². The van der Waals surface area contributed by atoms with E-state index in [9.17, 15) is 13.9 Å². The Hall–Kier alpha value is -0.710. The summed E-state index contributed by atoms with van der Waals surface area (Å²) < 4.78 is 20.4. The van der Waals surface area contributed by atoms with Gasteiger partial charge in [-0.3, -0.25) is 4.21 Å². The summed E-state index contributed by atoms with van der Waals surface area (Å²) in [4.78, 5) is 0. The van der Waals surface area contributed by atoms with Crippen molar-refractivity contribution in [2.24, 2.45) is 0 Å². The van der Waals surface area contributed by atoms with Gasteiger partial charge in [-0.15, -0.1) is 0 Å². The number of benzene rings is 1. The van der Waals surface area contributed by atoms with E-state index >= 15 is 0 Å². The molecule has 66 valence electrons. The van der Waals surface area contributed by atoms with Crippen molar-refractivity contribution < 1.29 is 13.9 Å². The van der Waals surface area contributed by atoms with E-state index in [0.29, 0.717) is 5.56 Å². The molecule has 12 heavy (non-hydrogen) atoms. The van der Waals surface area contributed by atoms with Gasteiger partial charge in [-0.1, -0.05) is 41.4 Å². The fourth-order valence-electron chi connectivity index (χ4n) is 0.900. The molecule has 1 aromatic rings. The summed E-state index contributed by atoms with van der Waals surface area (Å²) >= 11 is -2.20. The van der Waals surface area contributed by atoms with Crippen LogP contribution in [0.25, 0.3) is 0 Å². The van der Waals surface area contributed by atoms with Crippen LogP contribution in [-0.2, 0) is 11.1 Å². The molecule has 0 saturated carbocycles. The highest BCUT2D eigenvalue weighted by Crippen LogP contribution is 2.11. The average molecular weight is 185 g/mol. The second-order valence-corrected chi connectivity index (χ2v) is 3.34. The van der Waals surface area contributed by atoms with Crippen molar-refractivity contribution in [3.05, 3.63) is 35.9 Å². The van der Waals surface area contributed by atoms with Gasteiger partial charge < -0.3 is 9.66 Å². The molecule has 0 bridgehead atoms. The number of hydrogen-bond donors (Lipinski definition) is 1. The van der Waals surface area contributed by atoms with E-state index in [-0.39, 0.29) is 5.75 Å². The van der Waals surface area contributed by atoms with Crippen molar-refractivity contribution >= 4 is 11.1 Å². The van der Waals surface area contributed by atoms with Crippen molar-refractivity contribution in [2.45, 2.75) is 6.10 Å². The topological polar surface area (TPSA) is 60.4 Å². The second-order valence-electron chi connectivity index (χ2n) is 2.40. The SMILES string of the molecule is O=S([O-])CC(O)c1ccccc1. The monoisotopic (exact) mass is 185 g/mol. The zero-order valence-corrected chi connectivity index (χ0v) is 7.16. The third-order valence-corrected chi connectivity index (χ3v) is 2.07. The number of rotatable bonds is 3. The maximum absolute atomic E-state index is 10.2. The zero-order chi connectivity index (χ0) is 8.97. The van der Waals surface area contributed by atoms with Crippen LogP contribution in [0.2, 0.25) is 0 Å². The Balaban J connectivity index is 2.65. The lowest BCUT2D eigenvalue weighted by Crippen LogP contribution is -2.07. The molecule has 0 aromatic heterocycles. The summed E-state index contributed by atoms with van der Waals surface area (Å²) in [5, 5.41) is 9.30. The first-order chi connectivity index (χ1) is 5.70. The Morgan fingerprint density at radius 3 is 2.50 bits per heavy atom. The van der Waals surface area contributed by atoms with Crippen LogP contribution in [0.1, 0.15) is 11.7 Å². The molecule has 3 nitrogen and oxygen atoms in total. The number of aliphatic hydroxyl groups excluding tert-OH is 1. The molecule has 0 amide bonds. The third-order valence-electron chi connectivity index (χ3n) is 1.48. The minimum atomic E-state index is -2.20. The molecule has 0 aliphatic rings. The molecule has 1 N–H and O–H groups in total. The highest BCUT2D eigenvalue weighted by Gasteiger charge is 2.05. The molecule has 0 saturated heterocycles. The van der Waals surface area contributed by atoms with Crippen LogP contribution in [-0.4, -0.2) is 19.6 Å². The van der Waals surface area contributed by atoms with Crippen LogP contribution >= 0.6 is 0 Å². The predicted octanol–water partition coefficient (Wildman–Crippen LogP) is 0.599. The molecule has 0 spiro atoms. The first kappa shape index (κ1) is 9.38. The maximum atomic E-state index is 10.2. The Labute approximate surface area is 73.3 Å². The Morgan fingerprint density at radius 1 is 1.42 bits per heavy atom. The lowest BCUT2D eigenvalue weighted by Gasteiger charge is -2.11. The fourth-order valence-corrected chi connectivity index (χ4v) is 1.35. The third kappa shape index (κ3) is 2.73. The Bertz CT molecular complexity index is 260. The highest BCUT2D eigenvalue weighted by molar-refractivity contribution is 7.79. The summed E-state index contributed by atoms with van der Waals surface area (Å²) in [6.07, 6.45) is -0.912. The highest BCUT2D eigenvalue weighted by atomic mass is 32.2. The second kappa shape index (κ2) is 4.35. The maximum Gasteiger partial charge on any atom is 0.0894 e. The van der Waals surface area contributed by atoms with E-state index in [2.05, 4.69) is 0 Å². The lowest BCUT2D eigenvalue weighted by atomic mass is 10.1. The summed E-state index contributed by atoms with van der Waals surface area (Å²) in [5.74, 6) is -0.246. The molecule has 0 fully saturated rings. The molecule has 1 rings (SSSR count). The largest absolute Gasteiger partial charge is 0.772 e. The van der Waals surface area contributed by atoms with Gasteiger partial charge in [0.05, 0.1) is 6.10 Å². The minimum absolute atomic E-state index is 0.246. The molecule has 0 aliphatic carbocycles. The van der Waals surface area contributed by atoms with Gasteiger partial charge >= 0.3 is 0 Å². The standard InChI is InChI=1S/C8H10O3S/c9-8(6-12(10)11)7-4-2-1-3-5-7/h1-5,8-9H,6H2,(H,10,11)/p-1. The van der Waals surface area contributed by atoms with Gasteiger partial charge in [-0.05, 0) is 5.56 Å². The van der Waals surface area contributed by atoms with E-state index in [1.807, 2.05) is 6.07 Å². The molecule has 0 heterocycles. The smallest absolute Gasteiger partial charge is 0.0894 e. The van der Waals surface area contributed by atoms with Gasteiger partial charge in [0.25, 0.3) is 0 Å². The van der Waals surface area contributed by atoms with Crippen LogP contribution in [0.3, 0.4) is 0 Å². The van der Waals surface area contributed by atoms with Crippen LogP contribution in [0, 0.1) is 0 Å². The summed E-state index contributed by atoms with van der Waals surface area (Å²) in [6.45, 7) is 0. The first-order valence-electron chi connectivity index (χ1n) is 3.49. The summed E-state index contributed by atoms with van der Waals surface area (Å²) in [5.41, 5.74) is 0.627. The molecule has 0 aliphatic heterocycles. The van der Waals surface area contributed by atoms with Crippen molar-refractivity contribution in [2.75, 3.05) is 5.75 Å². The quantitative estimate of drug-likeness (QED) is 0.701. The van der Waals surface area contributed by atoms with Crippen molar-refractivity contribution in [1.29, 1.82) is 0 Å². The zero-order valence-electron chi connectivity index (χ0n) is 6.34. The van der Waals surface area contributed by atoms with Gasteiger partial charge in [0.1, 0.15) is 0 Å². The van der Waals surface area contributed by atoms with E-state index in [0.717, 1.165) is 0 Å². The molecule has 0 radical (unpaired) electrons. The van der Waals surface area contributed by atoms with Gasteiger partial charge in [-0.2, -0.15) is 0 Å². The van der Waals surface area contributed by atoms with Crippen molar-refractivity contribution in [3.63, 3.8) is 0 Å². The first-order valence-corrected chi connectivity index (χ1v) is 4.73. The summed E-state index contributed by atoms with van der Waals surface area (Å²) in [6, 6.07) is 8.71. The minimum Gasteiger partial charge on any atom is -0.772 e. The normalized spacial score (nSPS) is 15.5. The predicted molar refractivity (Wildman–Crippen MR) is 45.2 cm³/mol. The number of hydrogen-bond acceptors (Lipinski definition) is 3. The van der Waals surface area contributed by atoms with E-state index < -0.39 is 17.2 Å². The Kier molecular flexibility index (Phi) is 3.40. The molecule has 2 atom stereocenters. The van der Waals surface area contributed by atoms with Crippen molar-refractivity contribution in [1.82, 2.24) is 0 Å². The fraction of sp³-hybridized carbons (Fsp3) is 0.250. The van der Waals surface area contributed by atoms with Gasteiger partial charge in [0.15, 0.2) is 0 Å². The van der Waals surface area contributed by atoms with Crippen molar-refractivity contribution in [3.8, 4) is 0 Å². The van der Waals surface area contributed by atoms with Crippen LogP contribution in [0.15, 0.2) is 30.3 Å². The molecule has 2 unspecified atom stereocenters. The Morgan fingerprint density at radius 2 is 2.00 bits per heavy atom. The molecular weight excluding hydrogens is 176 g/mol. The van der Waals surface area contributed by atoms with Crippen LogP contribution in [0.4, 0.5) is 0 Å². The van der Waals surface area contributed by atoms with Gasteiger partial charge in [0, 0.05) is 5.75 Å². The number of aliphatic hydroxyl groups is 1. The molecular formula is C8H9O3S-.